The van der Waals surface area contributed by atoms with E-state index in [2.05, 4.69) is 22.3 Å². The van der Waals surface area contributed by atoms with Gasteiger partial charge >= 0.3 is 0 Å². The number of benzene rings is 2. The highest BCUT2D eigenvalue weighted by molar-refractivity contribution is 7.98. The van der Waals surface area contributed by atoms with Crippen molar-refractivity contribution in [2.24, 2.45) is 0 Å². The largest absolute Gasteiger partial charge is 0.490 e. The van der Waals surface area contributed by atoms with Gasteiger partial charge in [0.25, 0.3) is 0 Å². The molecule has 0 aliphatic carbocycles. The molecule has 128 valence electrons. The van der Waals surface area contributed by atoms with E-state index in [1.54, 1.807) is 11.8 Å². The van der Waals surface area contributed by atoms with E-state index in [1.165, 1.54) is 5.56 Å². The van der Waals surface area contributed by atoms with Gasteiger partial charge in [-0.3, -0.25) is 0 Å². The van der Waals surface area contributed by atoms with Crippen LogP contribution in [0.5, 0.6) is 11.5 Å². The maximum absolute atomic E-state index is 5.72. The Morgan fingerprint density at radius 2 is 1.80 bits per heavy atom. The van der Waals surface area contributed by atoms with Crippen LogP contribution in [0.15, 0.2) is 57.9 Å². The smallest absolute Gasteiger partial charge is 0.237 e. The van der Waals surface area contributed by atoms with Gasteiger partial charge in [0.15, 0.2) is 17.3 Å². The zero-order chi connectivity index (χ0) is 16.9. The lowest BCUT2D eigenvalue weighted by Crippen LogP contribution is -1.97. The van der Waals surface area contributed by atoms with Gasteiger partial charge < -0.3 is 14.0 Å². The maximum Gasteiger partial charge on any atom is 0.237 e. The molecule has 0 saturated carbocycles. The minimum atomic E-state index is 0.626. The van der Waals surface area contributed by atoms with Crippen molar-refractivity contribution in [3.8, 4) is 11.5 Å². The molecule has 2 heterocycles. The van der Waals surface area contributed by atoms with Crippen LogP contribution in [0.4, 0.5) is 0 Å². The molecule has 1 aromatic heterocycles. The third-order valence-corrected chi connectivity index (χ3v) is 4.78. The fraction of sp³-hybridized carbons (Fsp3) is 0.263. The molecule has 2 aromatic carbocycles. The molecule has 1 aliphatic rings. The molecule has 0 N–H and O–H groups in total. The summed E-state index contributed by atoms with van der Waals surface area (Å²) in [5.41, 5.74) is 1.17. The molecule has 0 unspecified atom stereocenters. The second-order valence-corrected chi connectivity index (χ2v) is 6.76. The average Bonchev–Trinajstić information content (AvgIpc) is 2.95. The Hall–Kier alpha value is -2.47. The third-order valence-electron chi connectivity index (χ3n) is 3.80. The van der Waals surface area contributed by atoms with E-state index in [9.17, 15) is 0 Å². The summed E-state index contributed by atoms with van der Waals surface area (Å²) >= 11 is 1.64. The predicted octanol–water partition coefficient (Wildman–Crippen LogP) is 4.11. The topological polar surface area (TPSA) is 57.4 Å². The molecule has 6 heteroatoms. The van der Waals surface area contributed by atoms with Gasteiger partial charge in [-0.25, -0.2) is 0 Å². The van der Waals surface area contributed by atoms with Crippen molar-refractivity contribution in [3.63, 3.8) is 0 Å². The van der Waals surface area contributed by atoms with E-state index in [0.29, 0.717) is 37.1 Å². The highest BCUT2D eigenvalue weighted by Gasteiger charge is 2.12. The number of ether oxygens (including phenoxy) is 2. The fourth-order valence-corrected chi connectivity index (χ4v) is 3.34. The number of rotatable bonds is 5. The fourth-order valence-electron chi connectivity index (χ4n) is 2.58. The van der Waals surface area contributed by atoms with Gasteiger partial charge in [0.2, 0.25) is 5.89 Å². The Bertz CT molecular complexity index is 836. The zero-order valence-corrected chi connectivity index (χ0v) is 14.5. The van der Waals surface area contributed by atoms with Crippen LogP contribution >= 0.6 is 11.8 Å². The lowest BCUT2D eigenvalue weighted by molar-refractivity contribution is 0.297. The first-order chi connectivity index (χ1) is 12.4. The van der Waals surface area contributed by atoms with Crippen molar-refractivity contribution >= 4 is 11.8 Å². The summed E-state index contributed by atoms with van der Waals surface area (Å²) in [6, 6.07) is 16.1. The number of aromatic nitrogens is 2. The Kier molecular flexibility index (Phi) is 4.88. The zero-order valence-electron chi connectivity index (χ0n) is 13.7. The quantitative estimate of drug-likeness (QED) is 0.643. The molecule has 0 spiro atoms. The van der Waals surface area contributed by atoms with Crippen molar-refractivity contribution < 1.29 is 14.0 Å². The molecular weight excluding hydrogens is 336 g/mol. The number of hydrogen-bond donors (Lipinski definition) is 0. The Labute approximate surface area is 150 Å². The molecule has 25 heavy (non-hydrogen) atoms. The normalized spacial score (nSPS) is 13.4. The molecule has 1 aliphatic heterocycles. The number of nitrogens with zero attached hydrogens (tertiary/aromatic N) is 2. The van der Waals surface area contributed by atoms with Crippen LogP contribution in [0.1, 0.15) is 23.7 Å². The van der Waals surface area contributed by atoms with Gasteiger partial charge in [0, 0.05) is 17.7 Å². The predicted molar refractivity (Wildman–Crippen MR) is 95.2 cm³/mol. The molecule has 0 bridgehead atoms. The average molecular weight is 354 g/mol. The van der Waals surface area contributed by atoms with E-state index >= 15 is 0 Å². The first-order valence-corrected chi connectivity index (χ1v) is 9.23. The number of fused-ring (bicyclic) bond motifs is 1. The third kappa shape index (κ3) is 4.14. The summed E-state index contributed by atoms with van der Waals surface area (Å²) in [5, 5.41) is 4.06. The van der Waals surface area contributed by atoms with Crippen molar-refractivity contribution in [2.45, 2.75) is 23.5 Å². The van der Waals surface area contributed by atoms with E-state index in [-0.39, 0.29) is 0 Å². The number of thioether (sulfide) groups is 1. The van der Waals surface area contributed by atoms with Crippen molar-refractivity contribution in [1.29, 1.82) is 0 Å². The first-order valence-electron chi connectivity index (χ1n) is 8.25. The van der Waals surface area contributed by atoms with Crippen LogP contribution in [0.3, 0.4) is 0 Å². The molecular formula is C19H18N2O3S. The minimum absolute atomic E-state index is 0.626. The van der Waals surface area contributed by atoms with E-state index in [0.717, 1.165) is 22.8 Å². The summed E-state index contributed by atoms with van der Waals surface area (Å²) in [6.07, 6.45) is 1.59. The van der Waals surface area contributed by atoms with Crippen molar-refractivity contribution in [3.05, 3.63) is 65.8 Å². The summed E-state index contributed by atoms with van der Waals surface area (Å²) in [5.74, 6) is 3.58. The summed E-state index contributed by atoms with van der Waals surface area (Å²) in [4.78, 5) is 5.56. The van der Waals surface area contributed by atoms with Gasteiger partial charge in [0.05, 0.1) is 19.0 Å². The van der Waals surface area contributed by atoms with Gasteiger partial charge in [-0.1, -0.05) is 35.5 Å². The molecule has 0 fully saturated rings. The van der Waals surface area contributed by atoms with Crippen LogP contribution in [-0.2, 0) is 12.2 Å². The van der Waals surface area contributed by atoms with E-state index in [1.807, 2.05) is 36.4 Å². The summed E-state index contributed by atoms with van der Waals surface area (Å²) < 4.78 is 16.7. The SMILES string of the molecule is c1ccc(Cc2noc(CSc3ccc4c(c3)OCCCO4)n2)cc1. The van der Waals surface area contributed by atoms with Crippen molar-refractivity contribution in [2.75, 3.05) is 13.2 Å². The van der Waals surface area contributed by atoms with E-state index in [4.69, 9.17) is 14.0 Å². The first kappa shape index (κ1) is 16.0. The van der Waals surface area contributed by atoms with Gasteiger partial charge in [0.1, 0.15) is 0 Å². The minimum Gasteiger partial charge on any atom is -0.490 e. The Balaban J connectivity index is 1.38. The van der Waals surface area contributed by atoms with Gasteiger partial charge in [-0.15, -0.1) is 11.8 Å². The molecule has 0 saturated heterocycles. The molecule has 4 rings (SSSR count). The Morgan fingerprint density at radius 3 is 2.68 bits per heavy atom. The summed E-state index contributed by atoms with van der Waals surface area (Å²) in [6.45, 7) is 1.39. The lowest BCUT2D eigenvalue weighted by atomic mass is 10.1. The Morgan fingerprint density at radius 1 is 0.960 bits per heavy atom. The van der Waals surface area contributed by atoms with Crippen LogP contribution in [0.25, 0.3) is 0 Å². The molecule has 5 nitrogen and oxygen atoms in total. The van der Waals surface area contributed by atoms with Gasteiger partial charge in [-0.2, -0.15) is 4.98 Å². The second-order valence-electron chi connectivity index (χ2n) is 5.71. The molecule has 0 radical (unpaired) electrons. The van der Waals surface area contributed by atoms with Crippen molar-refractivity contribution in [1.82, 2.24) is 10.1 Å². The van der Waals surface area contributed by atoms with Crippen LogP contribution in [0, 0.1) is 0 Å². The standard InChI is InChI=1S/C19H18N2O3S/c1-2-5-14(6-3-1)11-18-20-19(24-21-18)13-25-15-7-8-16-17(12-15)23-10-4-9-22-16/h1-3,5-8,12H,4,9-11,13H2. The maximum atomic E-state index is 5.72. The molecule has 0 amide bonds. The number of hydrogen-bond acceptors (Lipinski definition) is 6. The van der Waals surface area contributed by atoms with Gasteiger partial charge in [-0.05, 0) is 23.8 Å². The van der Waals surface area contributed by atoms with E-state index < -0.39 is 0 Å². The molecule has 3 aromatic rings. The highest BCUT2D eigenvalue weighted by atomic mass is 32.2. The highest BCUT2D eigenvalue weighted by Crippen LogP contribution is 2.34. The molecule has 0 atom stereocenters. The lowest BCUT2D eigenvalue weighted by Gasteiger charge is -2.08. The second kappa shape index (κ2) is 7.61. The monoisotopic (exact) mass is 354 g/mol. The van der Waals surface area contributed by atoms with Crippen LogP contribution < -0.4 is 9.47 Å². The summed E-state index contributed by atoms with van der Waals surface area (Å²) in [7, 11) is 0. The van der Waals surface area contributed by atoms with Crippen LogP contribution in [0.2, 0.25) is 0 Å². The van der Waals surface area contributed by atoms with Crippen LogP contribution in [-0.4, -0.2) is 23.4 Å².